The fraction of sp³-hybridized carbons (Fsp3) is 0.238. The highest BCUT2D eigenvalue weighted by molar-refractivity contribution is 5.94. The number of amides is 1. The molecule has 0 spiro atoms. The van der Waals surface area contributed by atoms with E-state index >= 15 is 0 Å². The van der Waals surface area contributed by atoms with E-state index in [1.165, 1.54) is 5.56 Å². The minimum absolute atomic E-state index is 0.00167. The molecular formula is C21H22N4O. The molecule has 5 nitrogen and oxygen atoms in total. The van der Waals surface area contributed by atoms with Crippen LogP contribution in [0.2, 0.25) is 0 Å². The lowest BCUT2D eigenvalue weighted by Gasteiger charge is -2.15. The molecule has 2 atom stereocenters. The molecule has 0 saturated carbocycles. The average Bonchev–Trinajstić information content (AvgIpc) is 3.29. The average molecular weight is 346 g/mol. The Labute approximate surface area is 153 Å². The maximum absolute atomic E-state index is 12.9. The van der Waals surface area contributed by atoms with Crippen molar-refractivity contribution in [1.82, 2.24) is 14.7 Å². The largest absolute Gasteiger partial charge is 0.336 e. The van der Waals surface area contributed by atoms with Gasteiger partial charge in [-0.3, -0.25) is 9.48 Å². The number of rotatable bonds is 4. The SMILES string of the molecule is NC1CN(C(=O)c2cnn(Cc3ccccc3)c2)CC1c1ccccc1. The molecule has 1 fully saturated rings. The second-order valence-electron chi connectivity index (χ2n) is 6.80. The fourth-order valence-corrected chi connectivity index (χ4v) is 3.56. The number of hydrogen-bond donors (Lipinski definition) is 1. The number of carbonyl (C=O) groups is 1. The molecule has 26 heavy (non-hydrogen) atoms. The summed E-state index contributed by atoms with van der Waals surface area (Å²) in [4.78, 5) is 14.7. The molecule has 4 rings (SSSR count). The van der Waals surface area contributed by atoms with Crippen LogP contribution in [0.4, 0.5) is 0 Å². The van der Waals surface area contributed by atoms with E-state index in [4.69, 9.17) is 5.73 Å². The summed E-state index contributed by atoms with van der Waals surface area (Å²) in [5, 5.41) is 4.34. The van der Waals surface area contributed by atoms with Crippen molar-refractivity contribution in [2.24, 2.45) is 5.73 Å². The summed E-state index contributed by atoms with van der Waals surface area (Å²) in [7, 11) is 0. The van der Waals surface area contributed by atoms with Gasteiger partial charge in [0.1, 0.15) is 0 Å². The van der Waals surface area contributed by atoms with Gasteiger partial charge in [-0.05, 0) is 11.1 Å². The van der Waals surface area contributed by atoms with Crippen LogP contribution < -0.4 is 5.73 Å². The van der Waals surface area contributed by atoms with E-state index < -0.39 is 0 Å². The number of benzene rings is 2. The van der Waals surface area contributed by atoms with Crippen molar-refractivity contribution in [2.75, 3.05) is 13.1 Å². The molecule has 1 aliphatic rings. The van der Waals surface area contributed by atoms with Gasteiger partial charge in [0.2, 0.25) is 0 Å². The maximum atomic E-state index is 12.9. The summed E-state index contributed by atoms with van der Waals surface area (Å²) in [6, 6.07) is 20.2. The van der Waals surface area contributed by atoms with E-state index in [0.717, 1.165) is 5.56 Å². The molecule has 2 aromatic carbocycles. The first-order valence-electron chi connectivity index (χ1n) is 8.87. The van der Waals surface area contributed by atoms with E-state index in [0.29, 0.717) is 25.2 Å². The molecule has 0 bridgehead atoms. The number of nitrogens with two attached hydrogens (primary N) is 1. The Bertz CT molecular complexity index is 875. The van der Waals surface area contributed by atoms with Crippen molar-refractivity contribution in [2.45, 2.75) is 18.5 Å². The third-order valence-corrected chi connectivity index (χ3v) is 4.95. The van der Waals surface area contributed by atoms with Crippen LogP contribution in [0, 0.1) is 0 Å². The van der Waals surface area contributed by atoms with Gasteiger partial charge in [-0.2, -0.15) is 5.10 Å². The molecule has 2 N–H and O–H groups in total. The molecule has 5 heteroatoms. The Kier molecular flexibility index (Phi) is 4.54. The minimum atomic E-state index is -0.0410. The number of hydrogen-bond acceptors (Lipinski definition) is 3. The lowest BCUT2D eigenvalue weighted by molar-refractivity contribution is 0.0789. The van der Waals surface area contributed by atoms with Gasteiger partial charge in [0.25, 0.3) is 5.91 Å². The summed E-state index contributed by atoms with van der Waals surface area (Å²) < 4.78 is 1.80. The fourth-order valence-electron chi connectivity index (χ4n) is 3.56. The van der Waals surface area contributed by atoms with Crippen molar-refractivity contribution in [3.8, 4) is 0 Å². The summed E-state index contributed by atoms with van der Waals surface area (Å²) in [6.45, 7) is 1.87. The van der Waals surface area contributed by atoms with Crippen LogP contribution in [-0.2, 0) is 6.54 Å². The van der Waals surface area contributed by atoms with Gasteiger partial charge in [0, 0.05) is 31.2 Å². The molecule has 2 heterocycles. The van der Waals surface area contributed by atoms with Crippen LogP contribution in [0.25, 0.3) is 0 Å². The summed E-state index contributed by atoms with van der Waals surface area (Å²) in [6.07, 6.45) is 3.46. The van der Waals surface area contributed by atoms with E-state index in [2.05, 4.69) is 17.2 Å². The molecule has 3 aromatic rings. The maximum Gasteiger partial charge on any atom is 0.257 e. The van der Waals surface area contributed by atoms with Crippen LogP contribution in [-0.4, -0.2) is 39.7 Å². The van der Waals surface area contributed by atoms with E-state index in [-0.39, 0.29) is 17.9 Å². The van der Waals surface area contributed by atoms with Crippen LogP contribution >= 0.6 is 0 Å². The normalized spacial score (nSPS) is 19.7. The molecule has 1 aromatic heterocycles. The van der Waals surface area contributed by atoms with E-state index in [1.54, 1.807) is 10.9 Å². The Hall–Kier alpha value is -2.92. The molecule has 2 unspecified atom stereocenters. The Morgan fingerprint density at radius 3 is 2.46 bits per heavy atom. The molecule has 1 amide bonds. The number of nitrogens with zero attached hydrogens (tertiary/aromatic N) is 3. The first-order chi connectivity index (χ1) is 12.7. The molecular weight excluding hydrogens is 324 g/mol. The van der Waals surface area contributed by atoms with Gasteiger partial charge in [0.15, 0.2) is 0 Å². The summed E-state index contributed by atoms with van der Waals surface area (Å²) >= 11 is 0. The Morgan fingerprint density at radius 1 is 1.04 bits per heavy atom. The van der Waals surface area contributed by atoms with Gasteiger partial charge >= 0.3 is 0 Å². The van der Waals surface area contributed by atoms with Crippen molar-refractivity contribution >= 4 is 5.91 Å². The highest BCUT2D eigenvalue weighted by atomic mass is 16.2. The van der Waals surface area contributed by atoms with E-state index in [9.17, 15) is 4.79 Å². The third-order valence-electron chi connectivity index (χ3n) is 4.95. The van der Waals surface area contributed by atoms with Crippen LogP contribution in [0.5, 0.6) is 0 Å². The molecule has 1 saturated heterocycles. The van der Waals surface area contributed by atoms with Gasteiger partial charge in [-0.1, -0.05) is 60.7 Å². The molecule has 132 valence electrons. The smallest absolute Gasteiger partial charge is 0.257 e. The first kappa shape index (κ1) is 16.5. The third kappa shape index (κ3) is 3.39. The molecule has 0 radical (unpaired) electrons. The highest BCUT2D eigenvalue weighted by Gasteiger charge is 2.34. The first-order valence-corrected chi connectivity index (χ1v) is 8.87. The monoisotopic (exact) mass is 346 g/mol. The molecule has 0 aliphatic carbocycles. The minimum Gasteiger partial charge on any atom is -0.336 e. The summed E-state index contributed by atoms with van der Waals surface area (Å²) in [5.41, 5.74) is 9.27. The predicted molar refractivity (Wildman–Crippen MR) is 101 cm³/mol. The quantitative estimate of drug-likeness (QED) is 0.789. The molecule has 1 aliphatic heterocycles. The van der Waals surface area contributed by atoms with Gasteiger partial charge < -0.3 is 10.6 Å². The summed E-state index contributed by atoms with van der Waals surface area (Å²) in [5.74, 6) is 0.178. The van der Waals surface area contributed by atoms with Crippen LogP contribution in [0.3, 0.4) is 0 Å². The lowest BCUT2D eigenvalue weighted by Crippen LogP contribution is -2.32. The van der Waals surface area contributed by atoms with Crippen LogP contribution in [0.1, 0.15) is 27.4 Å². The van der Waals surface area contributed by atoms with Gasteiger partial charge in [-0.15, -0.1) is 0 Å². The number of carbonyl (C=O) groups excluding carboxylic acids is 1. The standard InChI is InChI=1S/C21H22N4O/c22-20-15-24(14-19(20)17-9-5-2-6-10-17)21(26)18-11-23-25(13-18)12-16-7-3-1-4-8-16/h1-11,13,19-20H,12,14-15,22H2. The Balaban J connectivity index is 1.45. The zero-order chi connectivity index (χ0) is 17.9. The highest BCUT2D eigenvalue weighted by Crippen LogP contribution is 2.27. The number of aromatic nitrogens is 2. The Morgan fingerprint density at radius 2 is 1.73 bits per heavy atom. The number of likely N-dealkylation sites (tertiary alicyclic amines) is 1. The topological polar surface area (TPSA) is 64.2 Å². The lowest BCUT2D eigenvalue weighted by atomic mass is 9.95. The van der Waals surface area contributed by atoms with Crippen molar-refractivity contribution in [1.29, 1.82) is 0 Å². The van der Waals surface area contributed by atoms with Gasteiger partial charge in [0.05, 0.1) is 18.3 Å². The van der Waals surface area contributed by atoms with Crippen molar-refractivity contribution < 1.29 is 4.79 Å². The van der Waals surface area contributed by atoms with Crippen molar-refractivity contribution in [3.63, 3.8) is 0 Å². The van der Waals surface area contributed by atoms with E-state index in [1.807, 2.05) is 59.6 Å². The predicted octanol–water partition coefficient (Wildman–Crippen LogP) is 2.50. The zero-order valence-electron chi connectivity index (χ0n) is 14.5. The zero-order valence-corrected chi connectivity index (χ0v) is 14.5. The van der Waals surface area contributed by atoms with Crippen LogP contribution in [0.15, 0.2) is 73.1 Å². The van der Waals surface area contributed by atoms with Crippen molar-refractivity contribution in [3.05, 3.63) is 89.7 Å². The second kappa shape index (κ2) is 7.14. The van der Waals surface area contributed by atoms with Gasteiger partial charge in [-0.25, -0.2) is 0 Å². The second-order valence-corrected chi connectivity index (χ2v) is 6.80.